The van der Waals surface area contributed by atoms with Gasteiger partial charge in [-0.3, -0.25) is 0 Å². The van der Waals surface area contributed by atoms with Crippen molar-refractivity contribution in [1.29, 1.82) is 0 Å². The molecule has 36 heavy (non-hydrogen) atoms. The van der Waals surface area contributed by atoms with Gasteiger partial charge in [-0.1, -0.05) is 156 Å². The van der Waals surface area contributed by atoms with Crippen LogP contribution in [0.1, 0.15) is 206 Å². The molecule has 1 rings (SSSR count). The van der Waals surface area contributed by atoms with E-state index in [1.54, 1.807) is 0 Å². The maximum Gasteiger partial charge on any atom is 0.257 e. The number of unbranched alkanes of at least 4 members (excludes halogenated alkanes) is 19. The van der Waals surface area contributed by atoms with E-state index in [-0.39, 0.29) is 0 Å². The first kappa shape index (κ1) is 33.2. The van der Waals surface area contributed by atoms with Crippen LogP contribution >= 0.6 is 0 Å². The molecule has 0 aliphatic heterocycles. The second kappa shape index (κ2) is 24.5. The number of nitrogens with zero attached hydrogens (tertiary/aromatic N) is 1. The Kier molecular flexibility index (Phi) is 22.7. The summed E-state index contributed by atoms with van der Waals surface area (Å²) in [5, 5.41) is 0. The molecule has 1 atom stereocenters. The lowest BCUT2D eigenvalue weighted by Crippen LogP contribution is -2.41. The van der Waals surface area contributed by atoms with Crippen molar-refractivity contribution in [1.82, 2.24) is 4.98 Å². The zero-order chi connectivity index (χ0) is 26.1. The van der Waals surface area contributed by atoms with Gasteiger partial charge in [0.25, 0.3) is 5.82 Å². The maximum atomic E-state index is 3.70. The summed E-state index contributed by atoms with van der Waals surface area (Å²) in [6, 6.07) is 0.620. The fourth-order valence-electron chi connectivity index (χ4n) is 5.88. The van der Waals surface area contributed by atoms with E-state index in [1.165, 1.54) is 166 Å². The number of aromatic amines is 1. The highest BCUT2D eigenvalue weighted by Crippen LogP contribution is 2.27. The van der Waals surface area contributed by atoms with Crippen molar-refractivity contribution in [3.8, 4) is 0 Å². The van der Waals surface area contributed by atoms with Gasteiger partial charge in [0.15, 0.2) is 0 Å². The summed E-state index contributed by atoms with van der Waals surface area (Å²) >= 11 is 0. The Hall–Kier alpha value is -0.790. The molecule has 1 aromatic heterocycles. The highest BCUT2D eigenvalue weighted by atomic mass is 15.1. The van der Waals surface area contributed by atoms with Crippen LogP contribution in [-0.2, 0) is 0 Å². The molecule has 212 valence electrons. The Balaban J connectivity index is 2.39. The molecule has 0 fully saturated rings. The van der Waals surface area contributed by atoms with E-state index in [9.17, 15) is 0 Å². The minimum Gasteiger partial charge on any atom is -0.247 e. The van der Waals surface area contributed by atoms with Gasteiger partial charge in [0.1, 0.15) is 12.4 Å². The summed E-state index contributed by atoms with van der Waals surface area (Å²) in [4.78, 5) is 3.70. The van der Waals surface area contributed by atoms with Crippen LogP contribution in [0, 0.1) is 0 Å². The molecule has 0 spiro atoms. The lowest BCUT2D eigenvalue weighted by atomic mass is 9.92. The molecule has 0 aliphatic carbocycles. The highest BCUT2D eigenvalue weighted by molar-refractivity contribution is 4.90. The summed E-state index contributed by atoms with van der Waals surface area (Å²) in [7, 11) is 0. The van der Waals surface area contributed by atoms with Gasteiger partial charge in [-0.2, -0.15) is 0 Å². The molecule has 2 heteroatoms. The number of imidazole rings is 1. The number of H-pyrrole nitrogens is 1. The second-order valence-electron chi connectivity index (χ2n) is 11.9. The molecule has 0 aliphatic rings. The highest BCUT2D eigenvalue weighted by Gasteiger charge is 2.25. The molecule has 1 unspecified atom stereocenters. The predicted molar refractivity (Wildman–Crippen MR) is 161 cm³/mol. The number of rotatable bonds is 27. The Labute approximate surface area is 227 Å². The molecule has 0 bridgehead atoms. The van der Waals surface area contributed by atoms with Crippen LogP contribution in [0.25, 0.3) is 0 Å². The van der Waals surface area contributed by atoms with E-state index < -0.39 is 0 Å². The van der Waals surface area contributed by atoms with Gasteiger partial charge in [-0.25, -0.2) is 9.55 Å². The van der Waals surface area contributed by atoms with Crippen LogP contribution < -0.4 is 4.57 Å². The van der Waals surface area contributed by atoms with Crippen molar-refractivity contribution in [3.05, 3.63) is 18.2 Å². The van der Waals surface area contributed by atoms with Crippen LogP contribution in [0.4, 0.5) is 0 Å². The molecule has 2 nitrogen and oxygen atoms in total. The Morgan fingerprint density at radius 2 is 0.917 bits per heavy atom. The average Bonchev–Trinajstić information content (AvgIpc) is 3.38. The lowest BCUT2D eigenvalue weighted by Gasteiger charge is -2.17. The van der Waals surface area contributed by atoms with Gasteiger partial charge in [0.2, 0.25) is 0 Å². The molecule has 0 saturated carbocycles. The third kappa shape index (κ3) is 16.9. The topological polar surface area (TPSA) is 19.7 Å². The van der Waals surface area contributed by atoms with Crippen LogP contribution in [-0.4, -0.2) is 4.98 Å². The Bertz CT molecular complexity index is 539. The molecule has 0 saturated heterocycles. The number of hydrogen-bond acceptors (Lipinski definition) is 0. The quantitative estimate of drug-likeness (QED) is 0.0909. The average molecular weight is 504 g/mol. The van der Waals surface area contributed by atoms with Gasteiger partial charge < -0.3 is 0 Å². The minimum atomic E-state index is 0.620. The van der Waals surface area contributed by atoms with Crippen molar-refractivity contribution in [3.63, 3.8) is 0 Å². The third-order valence-electron chi connectivity index (χ3n) is 8.39. The lowest BCUT2D eigenvalue weighted by molar-refractivity contribution is -0.727. The molecule has 1 heterocycles. The molecule has 0 aromatic carbocycles. The van der Waals surface area contributed by atoms with Crippen LogP contribution in [0.5, 0.6) is 0 Å². The molecule has 0 amide bonds. The van der Waals surface area contributed by atoms with E-state index >= 15 is 0 Å². The van der Waals surface area contributed by atoms with E-state index in [2.05, 4.69) is 49.6 Å². The van der Waals surface area contributed by atoms with Gasteiger partial charge in [0, 0.05) is 0 Å². The minimum absolute atomic E-state index is 0.620. The first-order chi connectivity index (χ1) is 17.7. The fraction of sp³-hybridized carbons (Fsp3) is 0.912. The summed E-state index contributed by atoms with van der Waals surface area (Å²) in [6.45, 7) is 9.36. The van der Waals surface area contributed by atoms with Gasteiger partial charge in [0.05, 0.1) is 12.0 Å². The number of hydrogen-bond donors (Lipinski definition) is 1. The van der Waals surface area contributed by atoms with Gasteiger partial charge >= 0.3 is 0 Å². The van der Waals surface area contributed by atoms with Crippen molar-refractivity contribution < 1.29 is 4.57 Å². The first-order valence-electron chi connectivity index (χ1n) is 16.8. The Morgan fingerprint density at radius 1 is 0.528 bits per heavy atom. The summed E-state index contributed by atoms with van der Waals surface area (Å²) in [5.74, 6) is 2.23. The SMILES string of the molecule is CCCCCCCCCCCCC(CCCCCCCCCCCC)c1[nH]cc[n+]1C(C)CCCC. The normalized spacial score (nSPS) is 12.6. The molecule has 0 radical (unpaired) electrons. The third-order valence-corrected chi connectivity index (χ3v) is 8.39. The predicted octanol–water partition coefficient (Wildman–Crippen LogP) is 11.8. The van der Waals surface area contributed by atoms with Gasteiger partial charge in [-0.15, -0.1) is 0 Å². The first-order valence-corrected chi connectivity index (χ1v) is 16.8. The standard InChI is InChI=1S/C34H66N2/c1-5-8-11-13-15-17-19-21-23-25-28-33(29-26-24-22-20-18-16-14-12-9-6-2)34-35-30-31-36(34)32(4)27-10-7-3/h30-33H,5-29H2,1-4H3/p+1. The van der Waals surface area contributed by atoms with Crippen molar-refractivity contribution in [2.45, 2.75) is 200 Å². The summed E-state index contributed by atoms with van der Waals surface area (Å²) in [6.07, 6.45) is 39.8. The second-order valence-corrected chi connectivity index (χ2v) is 11.9. The van der Waals surface area contributed by atoms with Gasteiger partial charge in [-0.05, 0) is 32.6 Å². The summed E-state index contributed by atoms with van der Waals surface area (Å²) in [5.41, 5.74) is 0. The van der Waals surface area contributed by atoms with E-state index in [0.717, 1.165) is 0 Å². The Morgan fingerprint density at radius 3 is 1.33 bits per heavy atom. The molecule has 1 aromatic rings. The van der Waals surface area contributed by atoms with E-state index in [4.69, 9.17) is 0 Å². The van der Waals surface area contributed by atoms with E-state index in [0.29, 0.717) is 12.0 Å². The van der Waals surface area contributed by atoms with Crippen LogP contribution in [0.15, 0.2) is 12.4 Å². The number of nitrogens with one attached hydrogen (secondary N) is 1. The van der Waals surface area contributed by atoms with Crippen LogP contribution in [0.3, 0.4) is 0 Å². The molecular formula is C34H67N2+. The van der Waals surface area contributed by atoms with Crippen LogP contribution in [0.2, 0.25) is 0 Å². The zero-order valence-electron chi connectivity index (χ0n) is 25.4. The smallest absolute Gasteiger partial charge is 0.247 e. The molecular weight excluding hydrogens is 436 g/mol. The largest absolute Gasteiger partial charge is 0.257 e. The van der Waals surface area contributed by atoms with Crippen molar-refractivity contribution in [2.75, 3.05) is 0 Å². The zero-order valence-corrected chi connectivity index (χ0v) is 25.4. The summed E-state index contributed by atoms with van der Waals surface area (Å²) < 4.78 is 2.59. The van der Waals surface area contributed by atoms with Crippen molar-refractivity contribution >= 4 is 0 Å². The fourth-order valence-corrected chi connectivity index (χ4v) is 5.88. The monoisotopic (exact) mass is 504 g/mol. The number of aromatic nitrogens is 2. The van der Waals surface area contributed by atoms with Crippen molar-refractivity contribution in [2.24, 2.45) is 0 Å². The molecule has 1 N–H and O–H groups in total. The van der Waals surface area contributed by atoms with E-state index in [1.807, 2.05) is 0 Å². The maximum absolute atomic E-state index is 3.70.